The molecular weight excluding hydrogens is 332 g/mol. The Kier molecular flexibility index (Phi) is 4.40. The van der Waals surface area contributed by atoms with Gasteiger partial charge in [0.2, 0.25) is 0 Å². The van der Waals surface area contributed by atoms with Crippen molar-refractivity contribution in [1.29, 1.82) is 0 Å². The van der Waals surface area contributed by atoms with Crippen molar-refractivity contribution in [3.05, 3.63) is 29.3 Å². The van der Waals surface area contributed by atoms with E-state index in [-0.39, 0.29) is 22.6 Å². The minimum Gasteiger partial charge on any atom is -0.346 e. The molecule has 0 aliphatic carbocycles. The van der Waals surface area contributed by atoms with Crippen LogP contribution in [0.1, 0.15) is 27.6 Å². The monoisotopic (exact) mass is 347 g/mol. The van der Waals surface area contributed by atoms with Gasteiger partial charge in [-0.05, 0) is 25.1 Å². The molecule has 23 heavy (non-hydrogen) atoms. The molecule has 1 heterocycles. The van der Waals surface area contributed by atoms with Crippen LogP contribution in [0.15, 0.2) is 23.1 Å². The zero-order valence-corrected chi connectivity index (χ0v) is 13.0. The number of carbonyl (C=O) groups is 2. The Hall–Kier alpha value is -2.07. The SMILES string of the molecule is CCN1C(=O)c2ccc(C(=O)NCC(F)(F)CN)cc2S1(=O)=O. The van der Waals surface area contributed by atoms with Gasteiger partial charge in [-0.2, -0.15) is 0 Å². The second kappa shape index (κ2) is 5.85. The summed E-state index contributed by atoms with van der Waals surface area (Å²) >= 11 is 0. The molecule has 0 atom stereocenters. The second-order valence-electron chi connectivity index (χ2n) is 4.93. The fourth-order valence-corrected chi connectivity index (χ4v) is 3.72. The van der Waals surface area contributed by atoms with Crippen molar-refractivity contribution in [3.8, 4) is 0 Å². The molecule has 0 fully saturated rings. The average molecular weight is 347 g/mol. The summed E-state index contributed by atoms with van der Waals surface area (Å²) in [5.74, 6) is -4.81. The Bertz CT molecular complexity index is 764. The van der Waals surface area contributed by atoms with Gasteiger partial charge in [-0.15, -0.1) is 0 Å². The molecule has 0 saturated carbocycles. The lowest BCUT2D eigenvalue weighted by Gasteiger charge is -2.14. The quantitative estimate of drug-likeness (QED) is 0.789. The molecule has 10 heteroatoms. The molecule has 7 nitrogen and oxygen atoms in total. The number of halogens is 2. The van der Waals surface area contributed by atoms with Crippen LogP contribution in [-0.2, 0) is 10.0 Å². The van der Waals surface area contributed by atoms with Crippen molar-refractivity contribution in [2.75, 3.05) is 19.6 Å². The van der Waals surface area contributed by atoms with E-state index < -0.39 is 40.8 Å². The highest BCUT2D eigenvalue weighted by molar-refractivity contribution is 7.90. The van der Waals surface area contributed by atoms with Crippen molar-refractivity contribution in [3.63, 3.8) is 0 Å². The molecule has 1 aromatic rings. The highest BCUT2D eigenvalue weighted by Gasteiger charge is 2.40. The van der Waals surface area contributed by atoms with Gasteiger partial charge in [-0.25, -0.2) is 21.5 Å². The number of nitrogens with two attached hydrogens (primary N) is 1. The minimum atomic E-state index is -4.01. The fraction of sp³-hybridized carbons (Fsp3) is 0.385. The first-order valence-corrected chi connectivity index (χ1v) is 8.15. The van der Waals surface area contributed by atoms with E-state index in [2.05, 4.69) is 0 Å². The van der Waals surface area contributed by atoms with E-state index in [4.69, 9.17) is 5.73 Å². The molecule has 3 N–H and O–H groups in total. The Labute approximate surface area is 131 Å². The number of nitrogens with zero attached hydrogens (tertiary/aromatic N) is 1. The largest absolute Gasteiger partial charge is 0.346 e. The van der Waals surface area contributed by atoms with E-state index in [0.717, 1.165) is 6.07 Å². The normalized spacial score (nSPS) is 16.3. The number of hydrogen-bond acceptors (Lipinski definition) is 5. The summed E-state index contributed by atoms with van der Waals surface area (Å²) in [6.07, 6.45) is 0. The Morgan fingerprint density at radius 2 is 2.04 bits per heavy atom. The van der Waals surface area contributed by atoms with Crippen molar-refractivity contribution < 1.29 is 26.8 Å². The van der Waals surface area contributed by atoms with Crippen molar-refractivity contribution in [2.45, 2.75) is 17.7 Å². The van der Waals surface area contributed by atoms with Crippen LogP contribution in [0.25, 0.3) is 0 Å². The molecule has 0 saturated heterocycles. The number of nitrogens with one attached hydrogen (secondary N) is 1. The molecule has 1 aliphatic heterocycles. The first-order valence-electron chi connectivity index (χ1n) is 6.71. The third-order valence-corrected chi connectivity index (χ3v) is 5.26. The number of alkyl halides is 2. The van der Waals surface area contributed by atoms with E-state index in [1.807, 2.05) is 5.32 Å². The maximum Gasteiger partial charge on any atom is 0.277 e. The summed E-state index contributed by atoms with van der Waals surface area (Å²) in [5, 5.41) is 1.98. The van der Waals surface area contributed by atoms with Gasteiger partial charge >= 0.3 is 0 Å². The smallest absolute Gasteiger partial charge is 0.277 e. The fourth-order valence-electron chi connectivity index (χ4n) is 2.11. The molecule has 2 rings (SSSR count). The maximum atomic E-state index is 13.0. The molecule has 1 aliphatic rings. The van der Waals surface area contributed by atoms with Gasteiger partial charge in [0.15, 0.2) is 0 Å². The molecule has 0 unspecified atom stereocenters. The van der Waals surface area contributed by atoms with E-state index in [9.17, 15) is 26.8 Å². The third kappa shape index (κ3) is 3.04. The molecule has 1 aromatic carbocycles. The maximum absolute atomic E-state index is 13.0. The van der Waals surface area contributed by atoms with Gasteiger partial charge < -0.3 is 11.1 Å². The lowest BCUT2D eigenvalue weighted by atomic mass is 10.1. The lowest BCUT2D eigenvalue weighted by Crippen LogP contribution is -2.41. The highest BCUT2D eigenvalue weighted by Crippen LogP contribution is 2.30. The molecular formula is C13H15F2N3O4S. The second-order valence-corrected chi connectivity index (χ2v) is 6.76. The number of rotatable bonds is 5. The van der Waals surface area contributed by atoms with E-state index in [1.54, 1.807) is 0 Å². The summed E-state index contributed by atoms with van der Waals surface area (Å²) in [7, 11) is -4.01. The number of amides is 2. The molecule has 0 bridgehead atoms. The molecule has 0 spiro atoms. The number of sulfonamides is 1. The van der Waals surface area contributed by atoms with Gasteiger partial charge in [-0.1, -0.05) is 0 Å². The predicted molar refractivity (Wildman–Crippen MR) is 76.7 cm³/mol. The number of fused-ring (bicyclic) bond motifs is 1. The Morgan fingerprint density at radius 3 is 2.61 bits per heavy atom. The van der Waals surface area contributed by atoms with E-state index in [0.29, 0.717) is 4.31 Å². The van der Waals surface area contributed by atoms with Crippen molar-refractivity contribution in [1.82, 2.24) is 9.62 Å². The van der Waals surface area contributed by atoms with Crippen LogP contribution in [0.5, 0.6) is 0 Å². The Balaban J connectivity index is 2.30. The average Bonchev–Trinajstić information content (AvgIpc) is 2.71. The predicted octanol–water partition coefficient (Wildman–Crippen LogP) is 0.175. The van der Waals surface area contributed by atoms with Crippen LogP contribution in [-0.4, -0.2) is 50.1 Å². The van der Waals surface area contributed by atoms with Gasteiger partial charge in [0, 0.05) is 12.1 Å². The zero-order chi connectivity index (χ0) is 17.4. The van der Waals surface area contributed by atoms with Crippen molar-refractivity contribution >= 4 is 21.8 Å². The van der Waals surface area contributed by atoms with Gasteiger partial charge in [0.25, 0.3) is 27.8 Å². The van der Waals surface area contributed by atoms with Crippen LogP contribution >= 0.6 is 0 Å². The lowest BCUT2D eigenvalue weighted by molar-refractivity contribution is 0.0118. The zero-order valence-electron chi connectivity index (χ0n) is 12.2. The molecule has 126 valence electrons. The molecule has 0 aromatic heterocycles. The van der Waals surface area contributed by atoms with E-state index >= 15 is 0 Å². The van der Waals surface area contributed by atoms with Crippen LogP contribution in [0.2, 0.25) is 0 Å². The van der Waals surface area contributed by atoms with Crippen LogP contribution in [0.3, 0.4) is 0 Å². The third-order valence-electron chi connectivity index (χ3n) is 3.36. The highest BCUT2D eigenvalue weighted by atomic mass is 32.2. The topological polar surface area (TPSA) is 110 Å². The number of benzene rings is 1. The first kappa shape index (κ1) is 17.3. The van der Waals surface area contributed by atoms with E-state index in [1.165, 1.54) is 19.1 Å². The Morgan fingerprint density at radius 1 is 1.39 bits per heavy atom. The number of carbonyl (C=O) groups excluding carboxylic acids is 2. The van der Waals surface area contributed by atoms with Crippen LogP contribution in [0.4, 0.5) is 8.78 Å². The van der Waals surface area contributed by atoms with Gasteiger partial charge in [0.05, 0.1) is 18.7 Å². The summed E-state index contributed by atoms with van der Waals surface area (Å²) in [4.78, 5) is 23.5. The van der Waals surface area contributed by atoms with Gasteiger partial charge in [-0.3, -0.25) is 9.59 Å². The molecule has 2 amide bonds. The minimum absolute atomic E-state index is 0.0416. The van der Waals surface area contributed by atoms with Crippen LogP contribution in [0, 0.1) is 0 Å². The molecule has 0 radical (unpaired) electrons. The number of hydrogen-bond donors (Lipinski definition) is 2. The summed E-state index contributed by atoms with van der Waals surface area (Å²) < 4.78 is 51.2. The summed E-state index contributed by atoms with van der Waals surface area (Å²) in [6.45, 7) is -0.429. The van der Waals surface area contributed by atoms with Crippen molar-refractivity contribution in [2.24, 2.45) is 5.73 Å². The first-order chi connectivity index (χ1) is 10.6. The summed E-state index contributed by atoms with van der Waals surface area (Å²) in [5.41, 5.74) is 4.68. The standard InChI is InChI=1S/C13H15F2N3O4S/c1-2-18-12(20)9-4-3-8(5-10(9)23(18,21)22)11(19)17-7-13(14,15)6-16/h3-5H,2,6-7,16H2,1H3,(H,17,19). The summed E-state index contributed by atoms with van der Waals surface area (Å²) in [6, 6.07) is 3.41. The van der Waals surface area contributed by atoms with Crippen LogP contribution < -0.4 is 11.1 Å². The van der Waals surface area contributed by atoms with Gasteiger partial charge in [0.1, 0.15) is 4.90 Å².